The van der Waals surface area contributed by atoms with Crippen molar-refractivity contribution in [3.63, 3.8) is 0 Å². The van der Waals surface area contributed by atoms with Crippen LogP contribution >= 0.6 is 0 Å². The fourth-order valence-electron chi connectivity index (χ4n) is 6.04. The average molecular weight is 671 g/mol. The zero-order valence-electron chi connectivity index (χ0n) is 28.8. The monoisotopic (exact) mass is 670 g/mol. The molecule has 0 radical (unpaired) electrons. The number of aliphatic hydroxyl groups is 1. The van der Waals surface area contributed by atoms with E-state index in [9.17, 15) is 9.90 Å². The highest BCUT2D eigenvalue weighted by atomic mass is 16.7. The maximum Gasteiger partial charge on any atom is 0.311 e. The number of rotatable bonds is 16. The van der Waals surface area contributed by atoms with Crippen molar-refractivity contribution < 1.29 is 43.1 Å². The van der Waals surface area contributed by atoms with Crippen molar-refractivity contribution in [2.75, 3.05) is 41.0 Å². The van der Waals surface area contributed by atoms with Gasteiger partial charge in [-0.1, -0.05) is 91.0 Å². The molecule has 0 amide bonds. The molecular formula is C40H46O9. The molecule has 0 aromatic heterocycles. The SMILES string of the molecule is COCO[C@H](c1cc2c(cc1OC)OCO2)[C@@H](COC(=O)C(C)(C)C)C[C@H](O)COC(c1ccccc1)(c1ccccc1)c1ccccc1. The number of hydrogen-bond donors (Lipinski definition) is 1. The molecule has 4 aromatic carbocycles. The topological polar surface area (TPSA) is 102 Å². The van der Waals surface area contributed by atoms with E-state index in [2.05, 4.69) is 0 Å². The van der Waals surface area contributed by atoms with Crippen LogP contribution in [-0.2, 0) is 29.3 Å². The average Bonchev–Trinajstić information content (AvgIpc) is 3.59. The van der Waals surface area contributed by atoms with Crippen LogP contribution < -0.4 is 14.2 Å². The molecule has 1 aliphatic heterocycles. The number of fused-ring (bicyclic) bond motifs is 1. The van der Waals surface area contributed by atoms with Crippen LogP contribution in [-0.4, -0.2) is 58.2 Å². The first-order chi connectivity index (χ1) is 23.7. The number of benzene rings is 4. The Labute approximate surface area is 288 Å². The van der Waals surface area contributed by atoms with E-state index in [4.69, 9.17) is 33.2 Å². The molecule has 0 aliphatic carbocycles. The molecule has 1 heterocycles. The molecule has 3 atom stereocenters. The van der Waals surface area contributed by atoms with Crippen LogP contribution in [0.5, 0.6) is 17.2 Å². The fourth-order valence-corrected chi connectivity index (χ4v) is 6.04. The minimum Gasteiger partial charge on any atom is -0.496 e. The van der Waals surface area contributed by atoms with E-state index in [1.807, 2.05) is 91.0 Å². The predicted octanol–water partition coefficient (Wildman–Crippen LogP) is 7.05. The van der Waals surface area contributed by atoms with Crippen molar-refractivity contribution in [1.29, 1.82) is 0 Å². The van der Waals surface area contributed by atoms with Gasteiger partial charge >= 0.3 is 5.97 Å². The van der Waals surface area contributed by atoms with Crippen LogP contribution in [0.25, 0.3) is 0 Å². The summed E-state index contributed by atoms with van der Waals surface area (Å²) in [6.07, 6.45) is -1.57. The van der Waals surface area contributed by atoms with Gasteiger partial charge in [-0.2, -0.15) is 0 Å². The molecular weight excluding hydrogens is 624 g/mol. The van der Waals surface area contributed by atoms with Gasteiger partial charge in [-0.05, 0) is 49.9 Å². The lowest BCUT2D eigenvalue weighted by Gasteiger charge is -2.37. The maximum absolute atomic E-state index is 13.0. The summed E-state index contributed by atoms with van der Waals surface area (Å²) in [5, 5.41) is 11.8. The molecule has 0 bridgehead atoms. The summed E-state index contributed by atoms with van der Waals surface area (Å²) in [6, 6.07) is 33.5. The molecule has 0 fully saturated rings. The zero-order chi connectivity index (χ0) is 34.9. The van der Waals surface area contributed by atoms with Gasteiger partial charge in [-0.25, -0.2) is 0 Å². The summed E-state index contributed by atoms with van der Waals surface area (Å²) in [6.45, 7) is 5.32. The summed E-state index contributed by atoms with van der Waals surface area (Å²) < 4.78 is 41.4. The molecule has 9 nitrogen and oxygen atoms in total. The summed E-state index contributed by atoms with van der Waals surface area (Å²) in [4.78, 5) is 13.0. The third kappa shape index (κ3) is 8.43. The van der Waals surface area contributed by atoms with E-state index in [1.165, 1.54) is 7.11 Å². The van der Waals surface area contributed by atoms with Crippen LogP contribution in [0.15, 0.2) is 103 Å². The van der Waals surface area contributed by atoms with Crippen molar-refractivity contribution in [2.45, 2.75) is 45.0 Å². The number of carbonyl (C=O) groups is 1. The van der Waals surface area contributed by atoms with Gasteiger partial charge in [0.2, 0.25) is 6.79 Å². The van der Waals surface area contributed by atoms with Crippen molar-refractivity contribution in [2.24, 2.45) is 11.3 Å². The van der Waals surface area contributed by atoms with E-state index in [-0.39, 0.29) is 39.2 Å². The van der Waals surface area contributed by atoms with Crippen LogP contribution in [0.4, 0.5) is 0 Å². The molecule has 0 unspecified atom stereocenters. The molecule has 0 spiro atoms. The van der Waals surface area contributed by atoms with Crippen LogP contribution in [0.1, 0.15) is 55.5 Å². The number of carbonyl (C=O) groups excluding carboxylic acids is 1. The number of esters is 1. The molecule has 5 rings (SSSR count). The summed E-state index contributed by atoms with van der Waals surface area (Å²) in [5.41, 5.74) is 1.64. The van der Waals surface area contributed by atoms with Gasteiger partial charge in [-0.3, -0.25) is 4.79 Å². The molecule has 1 N–H and O–H groups in total. The Kier molecular flexibility index (Phi) is 12.0. The van der Waals surface area contributed by atoms with E-state index in [0.717, 1.165) is 16.7 Å². The lowest BCUT2D eigenvalue weighted by molar-refractivity contribution is -0.160. The van der Waals surface area contributed by atoms with Gasteiger partial charge < -0.3 is 38.3 Å². The summed E-state index contributed by atoms with van der Waals surface area (Å²) in [7, 11) is 3.09. The third-order valence-corrected chi connectivity index (χ3v) is 8.47. The minimum atomic E-state index is -1.02. The second-order valence-corrected chi connectivity index (χ2v) is 13.0. The number of ether oxygens (including phenoxy) is 7. The molecule has 49 heavy (non-hydrogen) atoms. The Bertz CT molecular complexity index is 1520. The second kappa shape index (κ2) is 16.3. The van der Waals surface area contributed by atoms with E-state index < -0.39 is 29.1 Å². The first-order valence-electron chi connectivity index (χ1n) is 16.4. The van der Waals surface area contributed by atoms with E-state index in [1.54, 1.807) is 40.0 Å². The van der Waals surface area contributed by atoms with Crippen molar-refractivity contribution in [3.8, 4) is 17.2 Å². The molecule has 0 saturated carbocycles. The number of hydrogen-bond acceptors (Lipinski definition) is 9. The molecule has 260 valence electrons. The van der Waals surface area contributed by atoms with Crippen molar-refractivity contribution >= 4 is 5.97 Å². The quantitative estimate of drug-likeness (QED) is 0.0763. The lowest BCUT2D eigenvalue weighted by atomic mass is 9.80. The molecule has 1 aliphatic rings. The third-order valence-electron chi connectivity index (χ3n) is 8.47. The van der Waals surface area contributed by atoms with Crippen LogP contribution in [0.2, 0.25) is 0 Å². The maximum atomic E-state index is 13.0. The molecule has 9 heteroatoms. The van der Waals surface area contributed by atoms with Gasteiger partial charge in [-0.15, -0.1) is 0 Å². The normalized spacial score (nSPS) is 14.6. The van der Waals surface area contributed by atoms with Gasteiger partial charge in [0.25, 0.3) is 0 Å². The largest absolute Gasteiger partial charge is 0.496 e. The van der Waals surface area contributed by atoms with Gasteiger partial charge in [0.15, 0.2) is 11.5 Å². The number of aliphatic hydroxyl groups excluding tert-OH is 1. The highest BCUT2D eigenvalue weighted by Gasteiger charge is 2.39. The van der Waals surface area contributed by atoms with E-state index in [0.29, 0.717) is 22.8 Å². The van der Waals surface area contributed by atoms with Crippen LogP contribution in [0, 0.1) is 11.3 Å². The van der Waals surface area contributed by atoms with Gasteiger partial charge in [0, 0.05) is 24.7 Å². The molecule has 0 saturated heterocycles. The fraction of sp³-hybridized carbons (Fsp3) is 0.375. The second-order valence-electron chi connectivity index (χ2n) is 13.0. The van der Waals surface area contributed by atoms with Crippen molar-refractivity contribution in [1.82, 2.24) is 0 Å². The highest BCUT2D eigenvalue weighted by Crippen LogP contribution is 2.45. The van der Waals surface area contributed by atoms with Crippen LogP contribution in [0.3, 0.4) is 0 Å². The Morgan fingerprint density at radius 2 is 1.33 bits per heavy atom. The van der Waals surface area contributed by atoms with E-state index >= 15 is 0 Å². The number of methoxy groups -OCH3 is 2. The first-order valence-corrected chi connectivity index (χ1v) is 16.4. The van der Waals surface area contributed by atoms with Gasteiger partial charge in [0.05, 0.1) is 37.9 Å². The Hall–Kier alpha value is -4.41. The lowest BCUT2D eigenvalue weighted by Crippen LogP contribution is -2.37. The Balaban J connectivity index is 1.50. The Morgan fingerprint density at radius 3 is 1.82 bits per heavy atom. The smallest absolute Gasteiger partial charge is 0.311 e. The minimum absolute atomic E-state index is 0.0413. The molecule has 4 aromatic rings. The van der Waals surface area contributed by atoms with Gasteiger partial charge in [0.1, 0.15) is 18.1 Å². The summed E-state index contributed by atoms with van der Waals surface area (Å²) in [5.74, 6) is 0.667. The highest BCUT2D eigenvalue weighted by molar-refractivity contribution is 5.75. The van der Waals surface area contributed by atoms with Crippen molar-refractivity contribution in [3.05, 3.63) is 125 Å². The zero-order valence-corrected chi connectivity index (χ0v) is 28.8. The predicted molar refractivity (Wildman–Crippen MR) is 185 cm³/mol. The standard InChI is InChI=1S/C40H46O9/c1-39(2,3)38(42)45-24-28(37(48-26-43-4)33-22-35-36(47-27-46-35)23-34(33)44-5)21-32(41)25-49-40(29-15-9-6-10-16-29,30-17-11-7-12-18-30)31-19-13-8-14-20-31/h6-20,22-23,28,32,37,41H,21,24-27H2,1-5H3/t28-,32+,37+/m1/s1. The summed E-state index contributed by atoms with van der Waals surface area (Å²) >= 11 is 0. The first kappa shape index (κ1) is 35.9. The Morgan fingerprint density at radius 1 is 0.796 bits per heavy atom.